The minimum Gasteiger partial charge on any atom is -0.394 e. The molecular formula is C16H25NO. The zero-order valence-electron chi connectivity index (χ0n) is 11.8. The second-order valence-electron chi connectivity index (χ2n) is 5.86. The molecule has 0 spiro atoms. The summed E-state index contributed by atoms with van der Waals surface area (Å²) in [6, 6.07) is 4.53. The summed E-state index contributed by atoms with van der Waals surface area (Å²) >= 11 is 0. The van der Waals surface area contributed by atoms with E-state index in [1.807, 2.05) is 0 Å². The number of rotatable bonds is 4. The lowest BCUT2D eigenvalue weighted by Crippen LogP contribution is -2.45. The summed E-state index contributed by atoms with van der Waals surface area (Å²) in [6.45, 7) is 7.62. The van der Waals surface area contributed by atoms with Gasteiger partial charge in [-0.3, -0.25) is 0 Å². The number of nitrogens with one attached hydrogen (secondary N) is 1. The molecular weight excluding hydrogens is 222 g/mol. The number of benzene rings is 1. The number of hydrogen-bond acceptors (Lipinski definition) is 2. The van der Waals surface area contributed by atoms with Crippen molar-refractivity contribution in [2.45, 2.75) is 58.5 Å². The topological polar surface area (TPSA) is 32.3 Å². The number of hydrogen-bond donors (Lipinski definition) is 2. The maximum absolute atomic E-state index is 9.60. The molecule has 2 N–H and O–H groups in total. The molecule has 18 heavy (non-hydrogen) atoms. The van der Waals surface area contributed by atoms with Crippen molar-refractivity contribution >= 4 is 0 Å². The van der Waals surface area contributed by atoms with Crippen LogP contribution in [0.3, 0.4) is 0 Å². The van der Waals surface area contributed by atoms with Gasteiger partial charge < -0.3 is 10.4 Å². The fraction of sp³-hybridized carbons (Fsp3) is 0.625. The summed E-state index contributed by atoms with van der Waals surface area (Å²) in [5.41, 5.74) is 5.39. The Morgan fingerprint density at radius 3 is 2.28 bits per heavy atom. The van der Waals surface area contributed by atoms with Crippen molar-refractivity contribution in [1.82, 2.24) is 5.32 Å². The van der Waals surface area contributed by atoms with E-state index in [0.29, 0.717) is 0 Å². The first-order valence-corrected chi connectivity index (χ1v) is 6.99. The Kier molecular flexibility index (Phi) is 4.08. The van der Waals surface area contributed by atoms with Crippen molar-refractivity contribution in [2.75, 3.05) is 6.61 Å². The van der Waals surface area contributed by atoms with Gasteiger partial charge in [-0.15, -0.1) is 0 Å². The molecule has 1 aromatic carbocycles. The van der Waals surface area contributed by atoms with E-state index < -0.39 is 0 Å². The van der Waals surface area contributed by atoms with Gasteiger partial charge in [0, 0.05) is 12.1 Å². The molecule has 0 aromatic heterocycles. The molecule has 0 aliphatic heterocycles. The molecule has 1 aromatic rings. The molecule has 1 saturated carbocycles. The van der Waals surface area contributed by atoms with Crippen molar-refractivity contribution < 1.29 is 5.11 Å². The highest BCUT2D eigenvalue weighted by molar-refractivity contribution is 5.36. The minimum absolute atomic E-state index is 0.0226. The molecule has 2 nitrogen and oxygen atoms in total. The van der Waals surface area contributed by atoms with Crippen LogP contribution in [0.4, 0.5) is 0 Å². The zero-order valence-corrected chi connectivity index (χ0v) is 11.8. The average Bonchev–Trinajstić information content (AvgIpc) is 2.82. The van der Waals surface area contributed by atoms with Crippen molar-refractivity contribution in [2.24, 2.45) is 0 Å². The molecule has 0 amide bonds. The third-order valence-corrected chi connectivity index (χ3v) is 4.47. The lowest BCUT2D eigenvalue weighted by molar-refractivity contribution is 0.163. The van der Waals surface area contributed by atoms with E-state index in [9.17, 15) is 5.11 Å². The third-order valence-electron chi connectivity index (χ3n) is 4.47. The minimum atomic E-state index is -0.0226. The summed E-state index contributed by atoms with van der Waals surface area (Å²) < 4.78 is 0. The van der Waals surface area contributed by atoms with Crippen molar-refractivity contribution in [3.05, 3.63) is 34.4 Å². The van der Waals surface area contributed by atoms with E-state index in [0.717, 1.165) is 19.4 Å². The first-order chi connectivity index (χ1) is 8.56. The van der Waals surface area contributed by atoms with Gasteiger partial charge in [-0.05, 0) is 55.9 Å². The molecule has 0 saturated heterocycles. The van der Waals surface area contributed by atoms with Crippen LogP contribution in [0.25, 0.3) is 0 Å². The van der Waals surface area contributed by atoms with E-state index in [-0.39, 0.29) is 12.1 Å². The van der Waals surface area contributed by atoms with Crippen LogP contribution in [0.1, 0.15) is 47.9 Å². The smallest absolute Gasteiger partial charge is 0.0613 e. The quantitative estimate of drug-likeness (QED) is 0.857. The summed E-state index contributed by atoms with van der Waals surface area (Å²) in [7, 11) is 0. The van der Waals surface area contributed by atoms with Gasteiger partial charge in [0.2, 0.25) is 0 Å². The predicted molar refractivity (Wildman–Crippen MR) is 75.8 cm³/mol. The normalized spacial score (nSPS) is 18.2. The van der Waals surface area contributed by atoms with Crippen LogP contribution in [-0.4, -0.2) is 17.3 Å². The summed E-state index contributed by atoms with van der Waals surface area (Å²) in [5, 5.41) is 13.2. The molecule has 0 radical (unpaired) electrons. The average molecular weight is 247 g/mol. The highest BCUT2D eigenvalue weighted by Crippen LogP contribution is 2.29. The lowest BCUT2D eigenvalue weighted by atomic mass is 9.96. The zero-order chi connectivity index (χ0) is 13.2. The van der Waals surface area contributed by atoms with Gasteiger partial charge in [-0.2, -0.15) is 0 Å². The molecule has 2 heteroatoms. The highest BCUT2D eigenvalue weighted by atomic mass is 16.3. The predicted octanol–water partition coefficient (Wildman–Crippen LogP) is 3.01. The molecule has 0 unspecified atom stereocenters. The molecule has 0 bridgehead atoms. The standard InChI is InChI=1S/C16H25NO/c1-12-8-14(3)15(9-13(12)2)10-17-16(11-18)6-4-5-7-16/h8-9,17-18H,4-7,10-11H2,1-3H3. The van der Waals surface area contributed by atoms with E-state index in [2.05, 4.69) is 38.2 Å². The van der Waals surface area contributed by atoms with Crippen LogP contribution in [0.15, 0.2) is 12.1 Å². The third kappa shape index (κ3) is 2.76. The molecule has 1 aliphatic carbocycles. The fourth-order valence-corrected chi connectivity index (χ4v) is 2.94. The Bertz CT molecular complexity index is 419. The van der Waals surface area contributed by atoms with Crippen LogP contribution in [-0.2, 0) is 6.54 Å². The SMILES string of the molecule is Cc1cc(C)c(CNC2(CO)CCCC2)cc1C. The van der Waals surface area contributed by atoms with Gasteiger partial charge in [-0.1, -0.05) is 25.0 Å². The molecule has 1 fully saturated rings. The van der Waals surface area contributed by atoms with Crippen LogP contribution < -0.4 is 5.32 Å². The molecule has 0 atom stereocenters. The largest absolute Gasteiger partial charge is 0.394 e. The van der Waals surface area contributed by atoms with Crippen molar-refractivity contribution in [1.29, 1.82) is 0 Å². The number of aliphatic hydroxyl groups excluding tert-OH is 1. The summed E-state index contributed by atoms with van der Waals surface area (Å²) in [6.07, 6.45) is 4.68. The van der Waals surface area contributed by atoms with Gasteiger partial charge in [0.05, 0.1) is 6.61 Å². The van der Waals surface area contributed by atoms with Crippen LogP contribution in [0.2, 0.25) is 0 Å². The maximum atomic E-state index is 9.60. The maximum Gasteiger partial charge on any atom is 0.0613 e. The van der Waals surface area contributed by atoms with E-state index in [4.69, 9.17) is 0 Å². The van der Waals surface area contributed by atoms with Crippen LogP contribution in [0.5, 0.6) is 0 Å². The Balaban J connectivity index is 2.08. The second-order valence-corrected chi connectivity index (χ2v) is 5.86. The Morgan fingerprint density at radius 2 is 1.67 bits per heavy atom. The van der Waals surface area contributed by atoms with Gasteiger partial charge >= 0.3 is 0 Å². The first-order valence-electron chi connectivity index (χ1n) is 6.99. The van der Waals surface area contributed by atoms with Crippen molar-refractivity contribution in [3.8, 4) is 0 Å². The van der Waals surface area contributed by atoms with Gasteiger partial charge in [0.25, 0.3) is 0 Å². The molecule has 100 valence electrons. The molecule has 2 rings (SSSR count). The molecule has 0 heterocycles. The van der Waals surface area contributed by atoms with Gasteiger partial charge in [0.15, 0.2) is 0 Å². The number of aryl methyl sites for hydroxylation is 3. The van der Waals surface area contributed by atoms with Crippen LogP contribution >= 0.6 is 0 Å². The van der Waals surface area contributed by atoms with Crippen molar-refractivity contribution in [3.63, 3.8) is 0 Å². The van der Waals surface area contributed by atoms with E-state index >= 15 is 0 Å². The first kappa shape index (κ1) is 13.6. The summed E-state index contributed by atoms with van der Waals surface area (Å²) in [4.78, 5) is 0. The van der Waals surface area contributed by atoms with Gasteiger partial charge in [0.1, 0.15) is 0 Å². The Morgan fingerprint density at radius 1 is 1.06 bits per heavy atom. The Labute approximate surface area is 110 Å². The van der Waals surface area contributed by atoms with E-state index in [1.165, 1.54) is 35.1 Å². The number of aliphatic hydroxyl groups is 1. The highest BCUT2D eigenvalue weighted by Gasteiger charge is 2.32. The van der Waals surface area contributed by atoms with Gasteiger partial charge in [-0.25, -0.2) is 0 Å². The monoisotopic (exact) mass is 247 g/mol. The lowest BCUT2D eigenvalue weighted by Gasteiger charge is -2.28. The second kappa shape index (κ2) is 5.41. The van der Waals surface area contributed by atoms with E-state index in [1.54, 1.807) is 0 Å². The van der Waals surface area contributed by atoms with Crippen LogP contribution in [0, 0.1) is 20.8 Å². The Hall–Kier alpha value is -0.860. The summed E-state index contributed by atoms with van der Waals surface area (Å²) in [5.74, 6) is 0. The fourth-order valence-electron chi connectivity index (χ4n) is 2.94. The molecule has 1 aliphatic rings.